The third kappa shape index (κ3) is 4.73. The molecule has 2 aromatic carbocycles. The minimum absolute atomic E-state index is 0.0422. The average Bonchev–Trinajstić information content (AvgIpc) is 3.16. The standard InChI is InChI=1S/C21H20F3N3O2S/c22-21(23,24)15-4-3-5-16(12-15)26-8-10-27(11-9-26)20(28)14-29-13-19-25-17-6-1-2-7-18(17)30-19/h1-7,12H,8-11,13-14H2. The van der Waals surface area contributed by atoms with Crippen molar-refractivity contribution in [3.8, 4) is 0 Å². The number of aromatic nitrogens is 1. The van der Waals surface area contributed by atoms with E-state index in [9.17, 15) is 18.0 Å². The topological polar surface area (TPSA) is 45.7 Å². The Bertz CT molecular complexity index is 997. The van der Waals surface area contributed by atoms with Crippen LogP contribution < -0.4 is 4.90 Å². The Morgan fingerprint density at radius 3 is 2.57 bits per heavy atom. The maximum atomic E-state index is 12.9. The fourth-order valence-electron chi connectivity index (χ4n) is 3.39. The largest absolute Gasteiger partial charge is 0.416 e. The molecule has 5 nitrogen and oxygen atoms in total. The average molecular weight is 435 g/mol. The number of anilines is 1. The number of alkyl halides is 3. The Morgan fingerprint density at radius 2 is 1.83 bits per heavy atom. The molecular formula is C21H20F3N3O2S. The number of hydrogen-bond donors (Lipinski definition) is 0. The quantitative estimate of drug-likeness (QED) is 0.603. The molecule has 0 N–H and O–H groups in total. The lowest BCUT2D eigenvalue weighted by Crippen LogP contribution is -2.49. The van der Waals surface area contributed by atoms with E-state index in [1.165, 1.54) is 17.4 Å². The molecule has 1 saturated heterocycles. The first kappa shape index (κ1) is 20.6. The summed E-state index contributed by atoms with van der Waals surface area (Å²) in [5, 5.41) is 0.818. The SMILES string of the molecule is O=C(COCc1nc2ccccc2s1)N1CCN(c2cccc(C(F)(F)F)c2)CC1. The number of piperazine rings is 1. The van der Waals surface area contributed by atoms with Crippen molar-refractivity contribution < 1.29 is 22.7 Å². The molecule has 1 fully saturated rings. The molecule has 158 valence electrons. The molecule has 1 aliphatic heterocycles. The van der Waals surface area contributed by atoms with Gasteiger partial charge in [0.25, 0.3) is 0 Å². The van der Waals surface area contributed by atoms with Gasteiger partial charge in [-0.1, -0.05) is 18.2 Å². The molecule has 0 saturated carbocycles. The van der Waals surface area contributed by atoms with E-state index in [4.69, 9.17) is 4.74 Å². The van der Waals surface area contributed by atoms with Crippen LogP contribution in [0.2, 0.25) is 0 Å². The molecule has 0 unspecified atom stereocenters. The number of carbonyl (C=O) groups is 1. The summed E-state index contributed by atoms with van der Waals surface area (Å²) in [6.07, 6.45) is -4.37. The van der Waals surface area contributed by atoms with Crippen molar-refractivity contribution in [2.75, 3.05) is 37.7 Å². The monoisotopic (exact) mass is 435 g/mol. The van der Waals surface area contributed by atoms with Crippen molar-refractivity contribution in [3.63, 3.8) is 0 Å². The highest BCUT2D eigenvalue weighted by Gasteiger charge is 2.31. The Kier molecular flexibility index (Phi) is 5.92. The Balaban J connectivity index is 1.26. The van der Waals surface area contributed by atoms with Gasteiger partial charge >= 0.3 is 6.18 Å². The van der Waals surface area contributed by atoms with Crippen LogP contribution in [0.25, 0.3) is 10.2 Å². The number of carbonyl (C=O) groups excluding carboxylic acids is 1. The van der Waals surface area contributed by atoms with Crippen LogP contribution in [0.15, 0.2) is 48.5 Å². The first-order chi connectivity index (χ1) is 14.4. The van der Waals surface area contributed by atoms with Crippen LogP contribution in [0.1, 0.15) is 10.6 Å². The lowest BCUT2D eigenvalue weighted by molar-refractivity contribution is -0.137. The highest BCUT2D eigenvalue weighted by molar-refractivity contribution is 7.18. The third-order valence-corrected chi connectivity index (χ3v) is 5.97. The fraction of sp³-hybridized carbons (Fsp3) is 0.333. The second kappa shape index (κ2) is 8.61. The molecule has 0 spiro atoms. The van der Waals surface area contributed by atoms with Crippen LogP contribution in [0.5, 0.6) is 0 Å². The van der Waals surface area contributed by atoms with Gasteiger partial charge in [0.2, 0.25) is 5.91 Å². The Labute approximate surface area is 175 Å². The number of fused-ring (bicyclic) bond motifs is 1. The zero-order valence-electron chi connectivity index (χ0n) is 16.1. The summed E-state index contributed by atoms with van der Waals surface area (Å²) in [4.78, 5) is 20.4. The van der Waals surface area contributed by atoms with Gasteiger partial charge < -0.3 is 14.5 Å². The lowest BCUT2D eigenvalue weighted by atomic mass is 10.1. The van der Waals surface area contributed by atoms with Crippen LogP contribution in [-0.4, -0.2) is 48.6 Å². The zero-order valence-corrected chi connectivity index (χ0v) is 16.9. The normalized spacial score (nSPS) is 15.0. The second-order valence-electron chi connectivity index (χ2n) is 6.98. The zero-order chi connectivity index (χ0) is 21.1. The number of rotatable bonds is 5. The minimum atomic E-state index is -4.37. The molecule has 9 heteroatoms. The summed E-state index contributed by atoms with van der Waals surface area (Å²) in [6, 6.07) is 13.1. The molecule has 0 bridgehead atoms. The number of amides is 1. The second-order valence-corrected chi connectivity index (χ2v) is 8.10. The molecule has 0 aliphatic carbocycles. The maximum absolute atomic E-state index is 12.9. The van der Waals surface area contributed by atoms with Crippen LogP contribution in [0, 0.1) is 0 Å². The molecule has 1 amide bonds. The van der Waals surface area contributed by atoms with E-state index >= 15 is 0 Å². The van der Waals surface area contributed by atoms with E-state index in [1.54, 1.807) is 11.0 Å². The van der Waals surface area contributed by atoms with Gasteiger partial charge in [-0.2, -0.15) is 13.2 Å². The molecule has 1 aliphatic rings. The number of benzene rings is 2. The van der Waals surface area contributed by atoms with Crippen molar-refractivity contribution in [2.24, 2.45) is 0 Å². The molecule has 3 aromatic rings. The molecule has 1 aromatic heterocycles. The number of halogens is 3. The van der Waals surface area contributed by atoms with E-state index in [1.807, 2.05) is 29.2 Å². The summed E-state index contributed by atoms with van der Waals surface area (Å²) < 4.78 is 45.4. The van der Waals surface area contributed by atoms with E-state index < -0.39 is 11.7 Å². The molecular weight excluding hydrogens is 415 g/mol. The highest BCUT2D eigenvalue weighted by atomic mass is 32.1. The van der Waals surface area contributed by atoms with Crippen molar-refractivity contribution in [1.82, 2.24) is 9.88 Å². The van der Waals surface area contributed by atoms with Crippen LogP contribution >= 0.6 is 11.3 Å². The van der Waals surface area contributed by atoms with Crippen molar-refractivity contribution in [3.05, 3.63) is 59.1 Å². The summed E-state index contributed by atoms with van der Waals surface area (Å²) in [5.74, 6) is -0.125. The van der Waals surface area contributed by atoms with Gasteiger partial charge in [-0.25, -0.2) is 4.98 Å². The van der Waals surface area contributed by atoms with Gasteiger partial charge in [-0.3, -0.25) is 4.79 Å². The molecule has 0 radical (unpaired) electrons. The number of hydrogen-bond acceptors (Lipinski definition) is 5. The summed E-state index contributed by atoms with van der Waals surface area (Å²) >= 11 is 1.54. The maximum Gasteiger partial charge on any atom is 0.416 e. The molecule has 30 heavy (non-hydrogen) atoms. The summed E-state index contributed by atoms with van der Waals surface area (Å²) in [5.41, 5.74) is 0.768. The number of ether oxygens (including phenoxy) is 1. The van der Waals surface area contributed by atoms with E-state index in [-0.39, 0.29) is 19.1 Å². The fourth-order valence-corrected chi connectivity index (χ4v) is 4.30. The van der Waals surface area contributed by atoms with E-state index in [2.05, 4.69) is 4.98 Å². The van der Waals surface area contributed by atoms with E-state index in [0.717, 1.165) is 27.4 Å². The summed E-state index contributed by atoms with van der Waals surface area (Å²) in [6.45, 7) is 2.07. The van der Waals surface area contributed by atoms with Gasteiger partial charge in [0.15, 0.2) is 0 Å². The van der Waals surface area contributed by atoms with Crippen LogP contribution in [-0.2, 0) is 22.3 Å². The predicted octanol–water partition coefficient (Wildman–Crippen LogP) is 4.18. The van der Waals surface area contributed by atoms with E-state index in [0.29, 0.717) is 31.9 Å². The third-order valence-electron chi connectivity index (χ3n) is 4.96. The summed E-state index contributed by atoms with van der Waals surface area (Å²) in [7, 11) is 0. The number of para-hydroxylation sites is 1. The van der Waals surface area contributed by atoms with Gasteiger partial charge in [0.1, 0.15) is 11.6 Å². The Hall–Kier alpha value is -2.65. The smallest absolute Gasteiger partial charge is 0.368 e. The van der Waals surface area contributed by atoms with Gasteiger partial charge in [0.05, 0.1) is 22.4 Å². The Morgan fingerprint density at radius 1 is 1.07 bits per heavy atom. The molecule has 2 heterocycles. The predicted molar refractivity (Wildman–Crippen MR) is 110 cm³/mol. The molecule has 4 rings (SSSR count). The van der Waals surface area contributed by atoms with Crippen LogP contribution in [0.4, 0.5) is 18.9 Å². The first-order valence-electron chi connectivity index (χ1n) is 9.52. The highest BCUT2D eigenvalue weighted by Crippen LogP contribution is 2.32. The minimum Gasteiger partial charge on any atom is -0.368 e. The van der Waals surface area contributed by atoms with Gasteiger partial charge in [0, 0.05) is 31.9 Å². The number of nitrogens with zero attached hydrogens (tertiary/aromatic N) is 3. The van der Waals surface area contributed by atoms with Crippen molar-refractivity contribution in [2.45, 2.75) is 12.8 Å². The van der Waals surface area contributed by atoms with Crippen molar-refractivity contribution >= 4 is 33.1 Å². The van der Waals surface area contributed by atoms with Gasteiger partial charge in [-0.05, 0) is 30.3 Å². The van der Waals surface area contributed by atoms with Gasteiger partial charge in [-0.15, -0.1) is 11.3 Å². The first-order valence-corrected chi connectivity index (χ1v) is 10.3. The van der Waals surface area contributed by atoms with Crippen LogP contribution in [0.3, 0.4) is 0 Å². The van der Waals surface area contributed by atoms with Crippen molar-refractivity contribution in [1.29, 1.82) is 0 Å². The number of thiazole rings is 1. The molecule has 0 atom stereocenters. The lowest BCUT2D eigenvalue weighted by Gasteiger charge is -2.36.